The molecule has 7 nitrogen and oxygen atoms in total. The first-order valence-corrected chi connectivity index (χ1v) is 9.76. The van der Waals surface area contributed by atoms with E-state index >= 15 is 0 Å². The summed E-state index contributed by atoms with van der Waals surface area (Å²) in [5.41, 5.74) is 0.847. The van der Waals surface area contributed by atoms with Crippen molar-refractivity contribution < 1.29 is 19.1 Å². The monoisotopic (exact) mass is 437 g/mol. The topological polar surface area (TPSA) is 104 Å². The number of carboxylic acid groups (broad SMARTS) is 1. The number of oxazole rings is 1. The second kappa shape index (κ2) is 10.7. The number of amides is 2. The van der Waals surface area contributed by atoms with Gasteiger partial charge in [0.1, 0.15) is 6.04 Å². The van der Waals surface area contributed by atoms with Gasteiger partial charge in [0.15, 0.2) is 11.7 Å². The van der Waals surface area contributed by atoms with Gasteiger partial charge in [-0.1, -0.05) is 54.2 Å². The number of unbranched alkanes of at least 4 members (excludes halogenated alkanes) is 3. The molecule has 0 aliphatic carbocycles. The van der Waals surface area contributed by atoms with Crippen molar-refractivity contribution in [3.8, 4) is 11.3 Å². The van der Waals surface area contributed by atoms with Crippen LogP contribution in [0.15, 0.2) is 39.4 Å². The van der Waals surface area contributed by atoms with Gasteiger partial charge in [-0.25, -0.2) is 9.78 Å². The van der Waals surface area contributed by atoms with Crippen molar-refractivity contribution in [2.45, 2.75) is 45.1 Å². The fourth-order valence-electron chi connectivity index (χ4n) is 2.57. The van der Waals surface area contributed by atoms with E-state index in [1.54, 1.807) is 6.20 Å². The molecule has 146 valence electrons. The Kier molecular flexibility index (Phi) is 8.32. The maximum Gasteiger partial charge on any atom is 0.405 e. The molecule has 3 N–H and O–H groups in total. The number of hydrogen-bond acceptors (Lipinski definition) is 4. The highest BCUT2D eigenvalue weighted by Crippen LogP contribution is 2.23. The van der Waals surface area contributed by atoms with Crippen molar-refractivity contribution >= 4 is 27.9 Å². The van der Waals surface area contributed by atoms with Gasteiger partial charge in [-0.2, -0.15) is 0 Å². The maximum atomic E-state index is 12.3. The minimum Gasteiger partial charge on any atom is -0.465 e. The van der Waals surface area contributed by atoms with Crippen molar-refractivity contribution in [1.29, 1.82) is 0 Å². The Labute approximate surface area is 166 Å². The molecule has 0 aliphatic rings. The highest BCUT2D eigenvalue weighted by molar-refractivity contribution is 9.10. The molecule has 2 rings (SSSR count). The zero-order valence-electron chi connectivity index (χ0n) is 15.2. The highest BCUT2D eigenvalue weighted by atomic mass is 79.9. The van der Waals surface area contributed by atoms with E-state index < -0.39 is 12.1 Å². The van der Waals surface area contributed by atoms with Crippen LogP contribution in [0.25, 0.3) is 11.3 Å². The summed E-state index contributed by atoms with van der Waals surface area (Å²) in [6.45, 7) is 2.64. The fraction of sp³-hybridized carbons (Fsp3) is 0.421. The number of rotatable bonds is 10. The first kappa shape index (κ1) is 21.0. The van der Waals surface area contributed by atoms with E-state index in [1.165, 1.54) is 0 Å². The number of carbonyl (C=O) groups is 2. The number of benzene rings is 1. The van der Waals surface area contributed by atoms with Crippen LogP contribution >= 0.6 is 15.9 Å². The molecule has 1 heterocycles. The van der Waals surface area contributed by atoms with Gasteiger partial charge in [0.2, 0.25) is 5.91 Å². The van der Waals surface area contributed by atoms with Gasteiger partial charge >= 0.3 is 6.09 Å². The summed E-state index contributed by atoms with van der Waals surface area (Å²) in [6, 6.07) is 6.58. The first-order valence-electron chi connectivity index (χ1n) is 8.97. The molecule has 0 unspecified atom stereocenters. The van der Waals surface area contributed by atoms with Crippen molar-refractivity contribution in [2.75, 3.05) is 6.54 Å². The van der Waals surface area contributed by atoms with Crippen LogP contribution in [0.3, 0.4) is 0 Å². The van der Waals surface area contributed by atoms with Gasteiger partial charge in [0.25, 0.3) is 0 Å². The van der Waals surface area contributed by atoms with Crippen LogP contribution in [0, 0.1) is 0 Å². The molecule has 1 aromatic heterocycles. The summed E-state index contributed by atoms with van der Waals surface area (Å²) in [6.07, 6.45) is 4.48. The largest absolute Gasteiger partial charge is 0.465 e. The molecule has 2 amide bonds. The zero-order chi connectivity index (χ0) is 19.6. The second-order valence-corrected chi connectivity index (χ2v) is 7.10. The Hall–Kier alpha value is -2.35. The SMILES string of the molecule is CCCCCCNC(=O)[C@H](Cc1ncc(-c2ccc(Br)cc2)o1)NC(=O)O. The normalized spacial score (nSPS) is 11.8. The molecule has 1 aromatic carbocycles. The highest BCUT2D eigenvalue weighted by Gasteiger charge is 2.23. The van der Waals surface area contributed by atoms with Crippen molar-refractivity contribution in [3.05, 3.63) is 40.8 Å². The van der Waals surface area contributed by atoms with E-state index in [0.717, 1.165) is 35.7 Å². The number of halogens is 1. The van der Waals surface area contributed by atoms with Crippen LogP contribution in [0.2, 0.25) is 0 Å². The summed E-state index contributed by atoms with van der Waals surface area (Å²) in [5.74, 6) is 0.483. The molecule has 0 spiro atoms. The van der Waals surface area contributed by atoms with Crippen LogP contribution < -0.4 is 10.6 Å². The Bertz CT molecular complexity index is 746. The molecule has 0 saturated heterocycles. The molecule has 0 bridgehead atoms. The standard InChI is InChI=1S/C19H24BrN3O4/c1-2-3-4-5-10-21-18(24)15(23-19(25)26)11-17-22-12-16(27-17)13-6-8-14(20)9-7-13/h6-9,12,15,23H,2-5,10-11H2,1H3,(H,21,24)(H,25,26)/t15-/m0/s1. The third-order valence-corrected chi connectivity index (χ3v) is 4.53. The lowest BCUT2D eigenvalue weighted by Crippen LogP contribution is -2.47. The number of carbonyl (C=O) groups excluding carboxylic acids is 1. The summed E-state index contributed by atoms with van der Waals surface area (Å²) in [4.78, 5) is 27.5. The van der Waals surface area contributed by atoms with E-state index in [-0.39, 0.29) is 12.3 Å². The predicted octanol–water partition coefficient (Wildman–Crippen LogP) is 3.98. The molecule has 2 aromatic rings. The van der Waals surface area contributed by atoms with Crippen LogP contribution in [0.5, 0.6) is 0 Å². The van der Waals surface area contributed by atoms with Gasteiger partial charge < -0.3 is 20.2 Å². The van der Waals surface area contributed by atoms with Gasteiger partial charge in [-0.05, 0) is 18.6 Å². The summed E-state index contributed by atoms with van der Waals surface area (Å²) in [7, 11) is 0. The smallest absolute Gasteiger partial charge is 0.405 e. The van der Waals surface area contributed by atoms with E-state index in [4.69, 9.17) is 9.52 Å². The lowest BCUT2D eigenvalue weighted by Gasteiger charge is -2.15. The van der Waals surface area contributed by atoms with E-state index in [9.17, 15) is 9.59 Å². The first-order chi connectivity index (χ1) is 13.0. The fourth-order valence-corrected chi connectivity index (χ4v) is 2.84. The third-order valence-electron chi connectivity index (χ3n) is 4.00. The number of hydrogen-bond donors (Lipinski definition) is 3. The second-order valence-electron chi connectivity index (χ2n) is 6.18. The number of aromatic nitrogens is 1. The maximum absolute atomic E-state index is 12.3. The lowest BCUT2D eigenvalue weighted by molar-refractivity contribution is -0.123. The molecule has 1 atom stereocenters. The summed E-state index contributed by atoms with van der Waals surface area (Å²) >= 11 is 3.37. The van der Waals surface area contributed by atoms with Gasteiger partial charge in [-0.3, -0.25) is 4.79 Å². The third kappa shape index (κ3) is 7.05. The average molecular weight is 438 g/mol. The molecular weight excluding hydrogens is 414 g/mol. The molecule has 0 aliphatic heterocycles. The summed E-state index contributed by atoms with van der Waals surface area (Å²) < 4.78 is 6.64. The van der Waals surface area contributed by atoms with Crippen molar-refractivity contribution in [1.82, 2.24) is 15.6 Å². The molecule has 0 saturated carbocycles. The van der Waals surface area contributed by atoms with E-state index in [0.29, 0.717) is 18.2 Å². The lowest BCUT2D eigenvalue weighted by atomic mass is 10.1. The quantitative estimate of drug-likeness (QED) is 0.487. The van der Waals surface area contributed by atoms with Gasteiger partial charge in [0, 0.05) is 16.6 Å². The average Bonchev–Trinajstić information content (AvgIpc) is 3.09. The molecule has 0 fully saturated rings. The minimum atomic E-state index is -1.26. The summed E-state index contributed by atoms with van der Waals surface area (Å²) in [5, 5.41) is 14.0. The van der Waals surface area contributed by atoms with Gasteiger partial charge in [-0.15, -0.1) is 0 Å². The number of nitrogens with zero attached hydrogens (tertiary/aromatic N) is 1. The molecule has 8 heteroatoms. The Morgan fingerprint density at radius 1 is 1.22 bits per heavy atom. The van der Waals surface area contributed by atoms with Crippen LogP contribution in [0.1, 0.15) is 38.5 Å². The Morgan fingerprint density at radius 3 is 2.63 bits per heavy atom. The molecule has 0 radical (unpaired) electrons. The van der Waals surface area contributed by atoms with E-state index in [1.807, 2.05) is 24.3 Å². The predicted molar refractivity (Wildman–Crippen MR) is 105 cm³/mol. The Balaban J connectivity index is 1.97. The van der Waals surface area contributed by atoms with E-state index in [2.05, 4.69) is 38.5 Å². The van der Waals surface area contributed by atoms with Crippen LogP contribution in [0.4, 0.5) is 4.79 Å². The van der Waals surface area contributed by atoms with Crippen molar-refractivity contribution in [3.63, 3.8) is 0 Å². The number of nitrogens with one attached hydrogen (secondary N) is 2. The Morgan fingerprint density at radius 2 is 1.96 bits per heavy atom. The van der Waals surface area contributed by atoms with Crippen molar-refractivity contribution in [2.24, 2.45) is 0 Å². The van der Waals surface area contributed by atoms with Crippen LogP contribution in [-0.2, 0) is 11.2 Å². The zero-order valence-corrected chi connectivity index (χ0v) is 16.8. The molecule has 27 heavy (non-hydrogen) atoms. The minimum absolute atomic E-state index is 0.0453. The molecular formula is C19H24BrN3O4. The van der Waals surface area contributed by atoms with Gasteiger partial charge in [0.05, 0.1) is 12.6 Å². The van der Waals surface area contributed by atoms with Crippen LogP contribution in [-0.4, -0.2) is 34.7 Å².